The zero-order valence-electron chi connectivity index (χ0n) is 11.0. The third-order valence-electron chi connectivity index (χ3n) is 3.42. The van der Waals surface area contributed by atoms with Crippen LogP contribution in [0.4, 0.5) is 19.0 Å². The predicted octanol–water partition coefficient (Wildman–Crippen LogP) is 4.02. The Morgan fingerprint density at radius 3 is 2.81 bits per heavy atom. The van der Waals surface area contributed by atoms with Crippen LogP contribution in [0.2, 0.25) is 0 Å². The molecule has 0 spiro atoms. The van der Waals surface area contributed by atoms with Crippen LogP contribution in [0.1, 0.15) is 19.4 Å². The molecule has 0 saturated heterocycles. The Bertz CT molecular complexity index is 653. The molecule has 1 N–H and O–H groups in total. The summed E-state index contributed by atoms with van der Waals surface area (Å²) in [5.74, 6) is 0.356. The lowest BCUT2D eigenvalue weighted by Crippen LogP contribution is -2.38. The molecule has 112 valence electrons. The van der Waals surface area contributed by atoms with E-state index in [-0.39, 0.29) is 12.5 Å². The Balaban J connectivity index is 2.13. The van der Waals surface area contributed by atoms with Crippen molar-refractivity contribution in [3.63, 3.8) is 0 Å². The molecule has 0 bridgehead atoms. The number of aromatic nitrogens is 3. The van der Waals surface area contributed by atoms with Gasteiger partial charge in [-0.2, -0.15) is 18.3 Å². The summed E-state index contributed by atoms with van der Waals surface area (Å²) in [6.45, 7) is 1.73. The van der Waals surface area contributed by atoms with Crippen LogP contribution in [0, 0.1) is 0 Å². The van der Waals surface area contributed by atoms with Crippen molar-refractivity contribution in [1.29, 1.82) is 0 Å². The van der Waals surface area contributed by atoms with Crippen molar-refractivity contribution in [1.82, 2.24) is 14.8 Å². The van der Waals surface area contributed by atoms with Crippen molar-refractivity contribution < 1.29 is 13.2 Å². The van der Waals surface area contributed by atoms with Gasteiger partial charge >= 0.3 is 6.18 Å². The van der Waals surface area contributed by atoms with E-state index in [1.807, 2.05) is 0 Å². The van der Waals surface area contributed by atoms with Crippen LogP contribution in [0.15, 0.2) is 29.0 Å². The van der Waals surface area contributed by atoms with Gasteiger partial charge in [-0.25, -0.2) is 4.68 Å². The average Bonchev–Trinajstić information content (AvgIpc) is 2.75. The largest absolute Gasteiger partial charge is 0.410 e. The molecule has 4 nitrogen and oxygen atoms in total. The van der Waals surface area contributed by atoms with E-state index in [4.69, 9.17) is 0 Å². The van der Waals surface area contributed by atoms with Gasteiger partial charge in [0.25, 0.3) is 0 Å². The van der Waals surface area contributed by atoms with Crippen LogP contribution >= 0.6 is 15.9 Å². The highest BCUT2D eigenvalue weighted by Gasteiger charge is 2.46. The highest BCUT2D eigenvalue weighted by atomic mass is 79.9. The molecular weight excluding hydrogens is 349 g/mol. The Morgan fingerprint density at radius 2 is 2.19 bits per heavy atom. The van der Waals surface area contributed by atoms with Gasteiger partial charge < -0.3 is 5.32 Å². The Labute approximate surface area is 127 Å². The second-order valence-corrected chi connectivity index (χ2v) is 5.83. The molecule has 0 saturated carbocycles. The maximum absolute atomic E-state index is 13.2. The molecule has 3 heterocycles. The normalized spacial score (nSPS) is 21.8. The van der Waals surface area contributed by atoms with Gasteiger partial charge in [0, 0.05) is 24.0 Å². The number of hydrogen-bond donors (Lipinski definition) is 1. The summed E-state index contributed by atoms with van der Waals surface area (Å²) >= 11 is 3.35. The van der Waals surface area contributed by atoms with Gasteiger partial charge in [0.15, 0.2) is 6.04 Å². The number of nitrogens with zero attached hydrogens (tertiary/aromatic N) is 3. The number of anilines is 1. The van der Waals surface area contributed by atoms with Crippen LogP contribution in [-0.2, 0) is 0 Å². The van der Waals surface area contributed by atoms with E-state index >= 15 is 0 Å². The monoisotopic (exact) mass is 360 g/mol. The molecule has 0 amide bonds. The van der Waals surface area contributed by atoms with E-state index in [2.05, 4.69) is 31.3 Å². The topological polar surface area (TPSA) is 42.7 Å². The predicted molar refractivity (Wildman–Crippen MR) is 76.0 cm³/mol. The van der Waals surface area contributed by atoms with Gasteiger partial charge in [-0.05, 0) is 41.4 Å². The Morgan fingerprint density at radius 1 is 1.43 bits per heavy atom. The first-order valence-electron chi connectivity index (χ1n) is 6.39. The summed E-state index contributed by atoms with van der Waals surface area (Å²) in [6.07, 6.45) is -1.20. The van der Waals surface area contributed by atoms with Gasteiger partial charge in [0.2, 0.25) is 0 Å². The van der Waals surface area contributed by atoms with E-state index in [1.165, 1.54) is 0 Å². The molecule has 2 aromatic heterocycles. The minimum absolute atomic E-state index is 0.0445. The molecule has 1 aliphatic heterocycles. The maximum atomic E-state index is 13.2. The fraction of sp³-hybridized carbons (Fsp3) is 0.385. The summed E-state index contributed by atoms with van der Waals surface area (Å²) in [4.78, 5) is 3.98. The summed E-state index contributed by atoms with van der Waals surface area (Å²) < 4.78 is 41.2. The van der Waals surface area contributed by atoms with E-state index in [0.717, 1.165) is 4.68 Å². The number of fused-ring (bicyclic) bond motifs is 1. The number of halogens is 4. The van der Waals surface area contributed by atoms with Gasteiger partial charge in [-0.1, -0.05) is 0 Å². The zero-order chi connectivity index (χ0) is 15.2. The van der Waals surface area contributed by atoms with Crippen molar-refractivity contribution in [2.45, 2.75) is 31.6 Å². The summed E-state index contributed by atoms with van der Waals surface area (Å²) in [7, 11) is 0. The first-order valence-corrected chi connectivity index (χ1v) is 7.19. The van der Waals surface area contributed by atoms with Crippen LogP contribution in [0.5, 0.6) is 0 Å². The highest BCUT2D eigenvalue weighted by molar-refractivity contribution is 9.10. The summed E-state index contributed by atoms with van der Waals surface area (Å²) in [5, 5.41) is 7.20. The molecule has 8 heteroatoms. The van der Waals surface area contributed by atoms with Crippen molar-refractivity contribution in [3.05, 3.63) is 29.0 Å². The highest BCUT2D eigenvalue weighted by Crippen LogP contribution is 2.44. The smallest absolute Gasteiger partial charge is 0.367 e. The summed E-state index contributed by atoms with van der Waals surface area (Å²) in [5.41, 5.74) is 1.12. The first-order chi connectivity index (χ1) is 9.88. The maximum Gasteiger partial charge on any atom is 0.410 e. The molecule has 0 aromatic carbocycles. The van der Waals surface area contributed by atoms with E-state index in [1.54, 1.807) is 31.5 Å². The van der Waals surface area contributed by atoms with Crippen molar-refractivity contribution >= 4 is 21.7 Å². The molecule has 1 aliphatic rings. The van der Waals surface area contributed by atoms with Crippen LogP contribution in [0.25, 0.3) is 11.3 Å². The number of pyridine rings is 1. The van der Waals surface area contributed by atoms with Crippen LogP contribution in [0.3, 0.4) is 0 Å². The minimum atomic E-state index is -4.33. The van der Waals surface area contributed by atoms with Crippen molar-refractivity contribution in [3.8, 4) is 11.3 Å². The molecule has 0 fully saturated rings. The fourth-order valence-corrected chi connectivity index (χ4v) is 3.06. The SMILES string of the molecule is CC1CC(C(F)(F)F)n2nc(-c3cccnc3)c(Br)c2N1. The fourth-order valence-electron chi connectivity index (χ4n) is 2.46. The molecular formula is C13H12BrF3N4. The van der Waals surface area contributed by atoms with E-state index in [0.29, 0.717) is 21.5 Å². The number of alkyl halides is 3. The summed E-state index contributed by atoms with van der Waals surface area (Å²) in [6, 6.07) is 1.58. The van der Waals surface area contributed by atoms with E-state index < -0.39 is 12.2 Å². The van der Waals surface area contributed by atoms with Crippen LogP contribution < -0.4 is 5.32 Å². The third-order valence-corrected chi connectivity index (χ3v) is 4.17. The molecule has 2 aromatic rings. The lowest BCUT2D eigenvalue weighted by Gasteiger charge is -2.31. The minimum Gasteiger partial charge on any atom is -0.367 e. The van der Waals surface area contributed by atoms with Gasteiger partial charge in [0.1, 0.15) is 11.5 Å². The van der Waals surface area contributed by atoms with Crippen LogP contribution in [-0.4, -0.2) is 27.0 Å². The molecule has 2 unspecified atom stereocenters. The number of rotatable bonds is 1. The molecule has 0 radical (unpaired) electrons. The van der Waals surface area contributed by atoms with Crippen molar-refractivity contribution in [2.75, 3.05) is 5.32 Å². The standard InChI is InChI=1S/C13H12BrF3N4/c1-7-5-9(13(15,16)17)21-12(19-7)10(14)11(20-21)8-3-2-4-18-6-8/h2-4,6-7,9,19H,5H2,1H3. The lowest BCUT2D eigenvalue weighted by molar-refractivity contribution is -0.173. The number of nitrogens with one attached hydrogen (secondary N) is 1. The van der Waals surface area contributed by atoms with Gasteiger partial charge in [-0.3, -0.25) is 4.98 Å². The molecule has 2 atom stereocenters. The average molecular weight is 361 g/mol. The lowest BCUT2D eigenvalue weighted by atomic mass is 10.1. The van der Waals surface area contributed by atoms with Gasteiger partial charge in [-0.15, -0.1) is 0 Å². The van der Waals surface area contributed by atoms with E-state index in [9.17, 15) is 13.2 Å². The second kappa shape index (κ2) is 5.01. The quantitative estimate of drug-likeness (QED) is 0.835. The number of hydrogen-bond acceptors (Lipinski definition) is 3. The molecule has 21 heavy (non-hydrogen) atoms. The van der Waals surface area contributed by atoms with Crippen molar-refractivity contribution in [2.24, 2.45) is 0 Å². The zero-order valence-corrected chi connectivity index (χ0v) is 12.6. The first kappa shape index (κ1) is 14.4. The Kier molecular flexibility index (Phi) is 3.43. The molecule has 3 rings (SSSR count). The third kappa shape index (κ3) is 2.52. The van der Waals surface area contributed by atoms with Gasteiger partial charge in [0.05, 0.1) is 4.47 Å². The second-order valence-electron chi connectivity index (χ2n) is 5.04. The Hall–Kier alpha value is -1.57. The molecule has 0 aliphatic carbocycles.